The molecule has 0 unspecified atom stereocenters. The number of aromatic carboxylic acids is 1. The Morgan fingerprint density at radius 2 is 2.14 bits per heavy atom. The zero-order valence-corrected chi connectivity index (χ0v) is 13.5. The Bertz CT molecular complexity index is 796. The fraction of sp³-hybridized carbons (Fsp3) is 0. The second-order valence-corrected chi connectivity index (χ2v) is 6.89. The van der Waals surface area contributed by atoms with Gasteiger partial charge in [0, 0.05) is 0 Å². The quantitative estimate of drug-likeness (QED) is 0.675. The number of carboxylic acid groups (broad SMARTS) is 1. The van der Waals surface area contributed by atoms with Gasteiger partial charge in [-0.15, -0.1) is 0 Å². The lowest BCUT2D eigenvalue weighted by Crippen LogP contribution is -2.27. The van der Waals surface area contributed by atoms with Crippen LogP contribution in [0.25, 0.3) is 6.08 Å². The maximum absolute atomic E-state index is 12.5. The molecule has 4 nitrogen and oxygen atoms in total. The fourth-order valence-electron chi connectivity index (χ4n) is 1.98. The highest BCUT2D eigenvalue weighted by Crippen LogP contribution is 2.36. The third-order valence-corrected chi connectivity index (χ3v) is 4.99. The molecular formula is C15H9NO3S3. The predicted molar refractivity (Wildman–Crippen MR) is 93.4 cm³/mol. The third kappa shape index (κ3) is 2.83. The van der Waals surface area contributed by atoms with Gasteiger partial charge in [-0.1, -0.05) is 30.0 Å². The van der Waals surface area contributed by atoms with Crippen molar-refractivity contribution >= 4 is 63.3 Å². The Morgan fingerprint density at radius 3 is 2.82 bits per heavy atom. The van der Waals surface area contributed by atoms with Crippen molar-refractivity contribution in [3.63, 3.8) is 0 Å². The summed E-state index contributed by atoms with van der Waals surface area (Å²) < 4.78 is 0.397. The van der Waals surface area contributed by atoms with Crippen LogP contribution in [0.1, 0.15) is 15.9 Å². The molecule has 0 bridgehead atoms. The molecule has 1 saturated heterocycles. The average molecular weight is 347 g/mol. The Balaban J connectivity index is 1.95. The maximum atomic E-state index is 12.5. The van der Waals surface area contributed by atoms with Gasteiger partial charge in [-0.25, -0.2) is 4.79 Å². The first-order valence-corrected chi connectivity index (χ1v) is 8.36. The number of thiophene rings is 1. The molecule has 2 aromatic rings. The Morgan fingerprint density at radius 1 is 1.32 bits per heavy atom. The molecule has 1 aromatic carbocycles. The summed E-state index contributed by atoms with van der Waals surface area (Å²) in [5.41, 5.74) is 1.54. The normalized spacial score (nSPS) is 16.5. The predicted octanol–water partition coefficient (Wildman–Crippen LogP) is 3.85. The highest BCUT2D eigenvalue weighted by molar-refractivity contribution is 8.27. The van der Waals surface area contributed by atoms with Crippen molar-refractivity contribution in [2.24, 2.45) is 0 Å². The van der Waals surface area contributed by atoms with Crippen molar-refractivity contribution in [3.05, 3.63) is 57.1 Å². The largest absolute Gasteiger partial charge is 0.478 e. The molecule has 1 amide bonds. The van der Waals surface area contributed by atoms with Crippen LogP contribution in [0.5, 0.6) is 0 Å². The second kappa shape index (κ2) is 6.04. The Kier molecular flexibility index (Phi) is 4.10. The van der Waals surface area contributed by atoms with Gasteiger partial charge >= 0.3 is 5.97 Å². The average Bonchev–Trinajstić information content (AvgIpc) is 3.08. The van der Waals surface area contributed by atoms with Crippen molar-refractivity contribution in [2.75, 3.05) is 4.90 Å². The van der Waals surface area contributed by atoms with E-state index in [0.29, 0.717) is 14.9 Å². The van der Waals surface area contributed by atoms with Crippen LogP contribution in [-0.2, 0) is 4.79 Å². The lowest BCUT2D eigenvalue weighted by Gasteiger charge is -2.14. The maximum Gasteiger partial charge on any atom is 0.335 e. The molecule has 0 saturated carbocycles. The molecule has 7 heteroatoms. The van der Waals surface area contributed by atoms with Crippen molar-refractivity contribution in [1.82, 2.24) is 0 Å². The van der Waals surface area contributed by atoms with Crippen LogP contribution in [0.4, 0.5) is 5.69 Å². The van der Waals surface area contributed by atoms with Crippen molar-refractivity contribution in [2.45, 2.75) is 0 Å². The topological polar surface area (TPSA) is 57.6 Å². The molecule has 110 valence electrons. The van der Waals surface area contributed by atoms with Gasteiger partial charge < -0.3 is 5.11 Å². The number of thioether (sulfide) groups is 1. The molecule has 1 aromatic heterocycles. The van der Waals surface area contributed by atoms with Crippen LogP contribution in [-0.4, -0.2) is 21.3 Å². The smallest absolute Gasteiger partial charge is 0.335 e. The van der Waals surface area contributed by atoms with E-state index in [-0.39, 0.29) is 11.5 Å². The molecule has 1 fully saturated rings. The summed E-state index contributed by atoms with van der Waals surface area (Å²) in [6, 6.07) is 8.11. The van der Waals surface area contributed by atoms with Gasteiger partial charge in [0.05, 0.1) is 16.2 Å². The zero-order chi connectivity index (χ0) is 15.7. The monoisotopic (exact) mass is 347 g/mol. The van der Waals surface area contributed by atoms with Gasteiger partial charge in [-0.3, -0.25) is 9.69 Å². The number of thiocarbonyl (C=S) groups is 1. The standard InChI is InChI=1S/C15H9NO3S3/c17-13-12(6-9-4-5-21-8-9)22-15(20)16(13)11-3-1-2-10(7-11)14(18)19/h1-8H,(H,18,19)/b12-6+. The van der Waals surface area contributed by atoms with Crippen molar-refractivity contribution in [1.29, 1.82) is 0 Å². The first-order valence-electron chi connectivity index (χ1n) is 6.20. The molecule has 0 radical (unpaired) electrons. The molecule has 2 heterocycles. The van der Waals surface area contributed by atoms with E-state index in [1.165, 1.54) is 28.8 Å². The van der Waals surface area contributed by atoms with Crippen LogP contribution in [0.15, 0.2) is 46.0 Å². The van der Waals surface area contributed by atoms with E-state index in [1.54, 1.807) is 29.5 Å². The van der Waals surface area contributed by atoms with E-state index in [2.05, 4.69) is 0 Å². The molecule has 1 N–H and O–H groups in total. The van der Waals surface area contributed by atoms with Crippen molar-refractivity contribution < 1.29 is 14.7 Å². The van der Waals surface area contributed by atoms with Gasteiger partial charge in [0.2, 0.25) is 0 Å². The molecule has 22 heavy (non-hydrogen) atoms. The summed E-state index contributed by atoms with van der Waals surface area (Å²) >= 11 is 8.03. The molecule has 0 atom stereocenters. The van der Waals surface area contributed by atoms with E-state index < -0.39 is 5.97 Å². The number of rotatable bonds is 3. The van der Waals surface area contributed by atoms with E-state index in [9.17, 15) is 9.59 Å². The number of carboxylic acids is 1. The number of nitrogens with zero attached hydrogens (tertiary/aromatic N) is 1. The van der Waals surface area contributed by atoms with E-state index >= 15 is 0 Å². The number of carbonyl (C=O) groups is 2. The number of anilines is 1. The van der Waals surface area contributed by atoms with Crippen LogP contribution >= 0.6 is 35.3 Å². The highest BCUT2D eigenvalue weighted by atomic mass is 32.2. The minimum atomic E-state index is -1.04. The SMILES string of the molecule is O=C(O)c1cccc(N2C(=O)/C(=C\c3ccsc3)SC2=S)c1. The van der Waals surface area contributed by atoms with Crippen molar-refractivity contribution in [3.8, 4) is 0 Å². The highest BCUT2D eigenvalue weighted by Gasteiger charge is 2.33. The second-order valence-electron chi connectivity index (χ2n) is 4.43. The summed E-state index contributed by atoms with van der Waals surface area (Å²) in [6.07, 6.45) is 1.79. The van der Waals surface area contributed by atoms with Gasteiger partial charge in [0.15, 0.2) is 4.32 Å². The van der Waals surface area contributed by atoms with E-state index in [0.717, 1.165) is 5.56 Å². The Hall–Kier alpha value is -1.96. The molecule has 0 spiro atoms. The van der Waals surface area contributed by atoms with Crippen LogP contribution < -0.4 is 4.90 Å². The van der Waals surface area contributed by atoms with Crippen LogP contribution in [0, 0.1) is 0 Å². The van der Waals surface area contributed by atoms with Gasteiger partial charge in [-0.05, 0) is 46.7 Å². The number of hydrogen-bond acceptors (Lipinski definition) is 5. The number of hydrogen-bond donors (Lipinski definition) is 1. The summed E-state index contributed by atoms with van der Waals surface area (Å²) in [5, 5.41) is 12.9. The van der Waals surface area contributed by atoms with Crippen LogP contribution in [0.3, 0.4) is 0 Å². The van der Waals surface area contributed by atoms with E-state index in [4.69, 9.17) is 17.3 Å². The number of carbonyl (C=O) groups excluding carboxylic acids is 1. The third-order valence-electron chi connectivity index (χ3n) is 2.99. The zero-order valence-electron chi connectivity index (χ0n) is 11.1. The molecule has 3 rings (SSSR count). The fourth-order valence-corrected chi connectivity index (χ4v) is 3.89. The molecule has 1 aliphatic heterocycles. The molecule has 1 aliphatic rings. The summed E-state index contributed by atoms with van der Waals surface area (Å²) in [4.78, 5) is 25.5. The first-order chi connectivity index (χ1) is 10.6. The first kappa shape index (κ1) is 15.0. The Labute approximate surface area is 140 Å². The van der Waals surface area contributed by atoms with Crippen LogP contribution in [0.2, 0.25) is 0 Å². The van der Waals surface area contributed by atoms with Gasteiger partial charge in [0.1, 0.15) is 0 Å². The lowest BCUT2D eigenvalue weighted by molar-refractivity contribution is -0.113. The minimum absolute atomic E-state index is 0.119. The summed E-state index contributed by atoms with van der Waals surface area (Å²) in [5.74, 6) is -1.27. The lowest BCUT2D eigenvalue weighted by atomic mass is 10.2. The molecule has 0 aliphatic carbocycles. The van der Waals surface area contributed by atoms with E-state index in [1.807, 2.05) is 16.8 Å². The van der Waals surface area contributed by atoms with Gasteiger partial charge in [0.25, 0.3) is 5.91 Å². The summed E-state index contributed by atoms with van der Waals surface area (Å²) in [6.45, 7) is 0. The number of amides is 1. The molecular weight excluding hydrogens is 338 g/mol. The number of benzene rings is 1. The van der Waals surface area contributed by atoms with Gasteiger partial charge in [-0.2, -0.15) is 11.3 Å². The summed E-state index contributed by atoms with van der Waals surface area (Å²) in [7, 11) is 0. The minimum Gasteiger partial charge on any atom is -0.478 e.